The van der Waals surface area contributed by atoms with E-state index in [1.54, 1.807) is 0 Å². The fraction of sp³-hybridized carbons (Fsp3) is 0.100. The Labute approximate surface area is 133 Å². The van der Waals surface area contributed by atoms with Gasteiger partial charge in [0.2, 0.25) is 0 Å². The Bertz CT molecular complexity index is 660. The molecule has 23 heavy (non-hydrogen) atoms. The van der Waals surface area contributed by atoms with Crippen LogP contribution in [0.3, 0.4) is 0 Å². The number of benzene rings is 1. The van der Waals surface area contributed by atoms with Crippen molar-refractivity contribution in [2.24, 2.45) is 0 Å². The van der Waals surface area contributed by atoms with E-state index in [2.05, 4.69) is 27.7 Å². The highest BCUT2D eigenvalue weighted by Crippen LogP contribution is 2.22. The summed E-state index contributed by atoms with van der Waals surface area (Å²) in [5.41, 5.74) is 2.47. The van der Waals surface area contributed by atoms with Gasteiger partial charge in [0.15, 0.2) is 5.11 Å². The van der Waals surface area contributed by atoms with Crippen LogP contribution >= 0.6 is 12.2 Å². The van der Waals surface area contributed by atoms with Gasteiger partial charge in [-0.15, -0.1) is 0 Å². The summed E-state index contributed by atoms with van der Waals surface area (Å²) in [6.07, 6.45) is -0.882. The van der Waals surface area contributed by atoms with Crippen molar-refractivity contribution in [2.45, 2.75) is 0 Å². The molecule has 0 aliphatic carbocycles. The number of carbonyl (C=O) groups is 2. The second-order valence-electron chi connectivity index (χ2n) is 3.78. The monoisotopic (exact) mass is 343 g/mol. The van der Waals surface area contributed by atoms with Crippen molar-refractivity contribution >= 4 is 40.7 Å². The second-order valence-corrected chi connectivity index (χ2v) is 4.19. The number of non-ortho nitro benzene ring substituents is 2. The summed E-state index contributed by atoms with van der Waals surface area (Å²) in [6.45, 7) is 0. The van der Waals surface area contributed by atoms with Crippen LogP contribution in [-0.2, 0) is 4.74 Å². The molecule has 1 rings (SSSR count). The summed E-state index contributed by atoms with van der Waals surface area (Å²) in [4.78, 5) is 42.4. The number of methoxy groups -OCH3 is 1. The van der Waals surface area contributed by atoms with E-state index in [1.807, 2.05) is 5.43 Å². The maximum absolute atomic E-state index is 11.9. The van der Waals surface area contributed by atoms with Gasteiger partial charge in [0.1, 0.15) is 0 Å². The molecule has 12 nitrogen and oxygen atoms in total. The number of rotatable bonds is 3. The van der Waals surface area contributed by atoms with Crippen molar-refractivity contribution < 1.29 is 24.2 Å². The fourth-order valence-electron chi connectivity index (χ4n) is 1.30. The molecule has 0 bridgehead atoms. The van der Waals surface area contributed by atoms with Gasteiger partial charge in [0, 0.05) is 12.1 Å². The molecule has 0 spiro atoms. The molecule has 0 aromatic heterocycles. The van der Waals surface area contributed by atoms with Crippen LogP contribution in [0.4, 0.5) is 16.2 Å². The van der Waals surface area contributed by atoms with Crippen LogP contribution in [0.1, 0.15) is 10.4 Å². The van der Waals surface area contributed by atoms with Gasteiger partial charge in [0.05, 0.1) is 28.6 Å². The van der Waals surface area contributed by atoms with E-state index in [4.69, 9.17) is 0 Å². The highest BCUT2D eigenvalue weighted by atomic mass is 32.1. The number of nitro groups is 2. The van der Waals surface area contributed by atoms with Crippen LogP contribution in [0.15, 0.2) is 18.2 Å². The van der Waals surface area contributed by atoms with Crippen LogP contribution < -0.4 is 16.2 Å². The standard InChI is InChI=1S/C10H9N5O7S/c1-22-10(17)13-12-9(23)11-8(16)5-2-6(14(18)19)4-7(3-5)15(20)21/h2-4H,1H3,(H,13,17)(H2,11,12,16,23). The summed E-state index contributed by atoms with van der Waals surface area (Å²) in [6, 6.07) is 2.41. The molecule has 1 aromatic carbocycles. The Balaban J connectivity index is 2.90. The first-order valence-electron chi connectivity index (χ1n) is 5.63. The predicted octanol–water partition coefficient (Wildman–Crippen LogP) is 0.378. The highest BCUT2D eigenvalue weighted by molar-refractivity contribution is 7.80. The van der Waals surface area contributed by atoms with E-state index in [0.29, 0.717) is 6.07 Å². The fourth-order valence-corrected chi connectivity index (χ4v) is 1.45. The Morgan fingerprint density at radius 3 is 2.04 bits per heavy atom. The molecule has 0 fully saturated rings. The van der Waals surface area contributed by atoms with Gasteiger partial charge in [-0.05, 0) is 12.2 Å². The molecular formula is C10H9N5O7S. The third-order valence-corrected chi connectivity index (χ3v) is 2.48. The molecule has 3 N–H and O–H groups in total. The zero-order chi connectivity index (χ0) is 17.6. The molecule has 0 unspecified atom stereocenters. The van der Waals surface area contributed by atoms with Crippen LogP contribution in [0.2, 0.25) is 0 Å². The van der Waals surface area contributed by atoms with Gasteiger partial charge in [-0.1, -0.05) is 0 Å². The van der Waals surface area contributed by atoms with Crippen molar-refractivity contribution in [3.05, 3.63) is 44.0 Å². The van der Waals surface area contributed by atoms with Crippen LogP contribution in [0.25, 0.3) is 0 Å². The van der Waals surface area contributed by atoms with E-state index in [0.717, 1.165) is 19.2 Å². The molecule has 122 valence electrons. The van der Waals surface area contributed by atoms with Gasteiger partial charge in [-0.3, -0.25) is 35.8 Å². The summed E-state index contributed by atoms with van der Waals surface area (Å²) in [7, 11) is 1.10. The van der Waals surface area contributed by atoms with Crippen LogP contribution in [0.5, 0.6) is 0 Å². The highest BCUT2D eigenvalue weighted by Gasteiger charge is 2.20. The first kappa shape index (κ1) is 17.7. The molecule has 0 atom stereocenters. The third kappa shape index (κ3) is 5.16. The Morgan fingerprint density at radius 2 is 1.61 bits per heavy atom. The zero-order valence-corrected chi connectivity index (χ0v) is 12.2. The van der Waals surface area contributed by atoms with Gasteiger partial charge < -0.3 is 4.74 Å². The summed E-state index contributed by atoms with van der Waals surface area (Å²) < 4.78 is 4.24. The number of hydrogen-bond acceptors (Lipinski definition) is 8. The van der Waals surface area contributed by atoms with Gasteiger partial charge in [-0.25, -0.2) is 10.2 Å². The Hall–Kier alpha value is -3.35. The average Bonchev–Trinajstić information content (AvgIpc) is 2.51. The molecule has 13 heteroatoms. The maximum atomic E-state index is 11.9. The number of nitrogens with one attached hydrogen (secondary N) is 3. The number of nitro benzene ring substituents is 2. The second kappa shape index (κ2) is 7.60. The molecule has 0 aliphatic heterocycles. The topological polar surface area (TPSA) is 166 Å². The number of nitrogens with zero attached hydrogens (tertiary/aromatic N) is 2. The number of carbonyl (C=O) groups excluding carboxylic acids is 2. The van der Waals surface area contributed by atoms with Gasteiger partial charge in [-0.2, -0.15) is 0 Å². The minimum absolute atomic E-state index is 0.352. The molecule has 0 heterocycles. The van der Waals surface area contributed by atoms with E-state index < -0.39 is 33.2 Å². The molecule has 0 saturated carbocycles. The lowest BCUT2D eigenvalue weighted by molar-refractivity contribution is -0.394. The number of ether oxygens (including phenoxy) is 1. The van der Waals surface area contributed by atoms with E-state index in [-0.39, 0.29) is 10.7 Å². The lowest BCUT2D eigenvalue weighted by atomic mass is 10.1. The number of hydrazine groups is 1. The summed E-state index contributed by atoms with van der Waals surface area (Å²) >= 11 is 4.68. The van der Waals surface area contributed by atoms with Crippen molar-refractivity contribution in [2.75, 3.05) is 7.11 Å². The van der Waals surface area contributed by atoms with E-state index in [1.165, 1.54) is 0 Å². The normalized spacial score (nSPS) is 9.43. The first-order valence-corrected chi connectivity index (χ1v) is 6.04. The van der Waals surface area contributed by atoms with Gasteiger partial charge >= 0.3 is 6.09 Å². The quantitative estimate of drug-likeness (QED) is 0.399. The lowest BCUT2D eigenvalue weighted by Crippen LogP contribution is -2.48. The summed E-state index contributed by atoms with van der Waals surface area (Å²) in [5.74, 6) is -0.944. The minimum Gasteiger partial charge on any atom is -0.452 e. The zero-order valence-electron chi connectivity index (χ0n) is 11.4. The Morgan fingerprint density at radius 1 is 1.09 bits per heavy atom. The predicted molar refractivity (Wildman–Crippen MR) is 78.5 cm³/mol. The number of thiocarbonyl (C=S) groups is 1. The largest absolute Gasteiger partial charge is 0.452 e. The Kier molecular flexibility index (Phi) is 5.85. The smallest absolute Gasteiger partial charge is 0.425 e. The molecule has 0 radical (unpaired) electrons. The number of amides is 2. The molecule has 2 amide bonds. The van der Waals surface area contributed by atoms with E-state index in [9.17, 15) is 29.8 Å². The van der Waals surface area contributed by atoms with Gasteiger partial charge in [0.25, 0.3) is 17.3 Å². The van der Waals surface area contributed by atoms with Crippen LogP contribution in [0, 0.1) is 20.2 Å². The molecule has 1 aromatic rings. The van der Waals surface area contributed by atoms with E-state index >= 15 is 0 Å². The van der Waals surface area contributed by atoms with Crippen molar-refractivity contribution in [1.82, 2.24) is 16.2 Å². The average molecular weight is 343 g/mol. The maximum Gasteiger partial charge on any atom is 0.425 e. The summed E-state index contributed by atoms with van der Waals surface area (Å²) in [5, 5.41) is 23.2. The van der Waals surface area contributed by atoms with Crippen LogP contribution in [-0.4, -0.2) is 34.1 Å². The minimum atomic E-state index is -0.944. The number of hydrogen-bond donors (Lipinski definition) is 3. The molecule has 0 saturated heterocycles. The first-order chi connectivity index (χ1) is 10.7. The molecule has 0 aliphatic rings. The SMILES string of the molecule is COC(=O)NNC(=S)NC(=O)c1cc([N+](=O)[O-])cc([N+](=O)[O-])c1. The lowest BCUT2D eigenvalue weighted by Gasteiger charge is -2.09. The van der Waals surface area contributed by atoms with Crippen molar-refractivity contribution in [3.63, 3.8) is 0 Å². The third-order valence-electron chi connectivity index (χ3n) is 2.28. The van der Waals surface area contributed by atoms with Crippen molar-refractivity contribution in [3.8, 4) is 0 Å². The molecular weight excluding hydrogens is 334 g/mol. The van der Waals surface area contributed by atoms with Crippen molar-refractivity contribution in [1.29, 1.82) is 0 Å².